The van der Waals surface area contributed by atoms with E-state index in [0.717, 1.165) is 83.0 Å². The number of carbonyl (C=O) groups is 1. The third-order valence-electron chi connectivity index (χ3n) is 10.9. The van der Waals surface area contributed by atoms with Crippen molar-refractivity contribution in [2.75, 3.05) is 56.2 Å². The molecule has 0 N–H and O–H groups in total. The molecular weight excluding hydrogens is 643 g/mol. The van der Waals surface area contributed by atoms with Crippen molar-refractivity contribution in [3.8, 4) is 6.01 Å². The number of likely N-dealkylation sites (N-methyl/N-ethyl adjacent to an activating group) is 1. The zero-order valence-electron chi connectivity index (χ0n) is 28.1. The molecule has 3 fully saturated rings. The molecule has 4 aromatic rings. The molecule has 0 spiro atoms. The highest BCUT2D eigenvalue weighted by atomic mass is 35.5. The number of nitrogens with zero attached hydrogens (tertiary/aromatic N) is 8. The van der Waals surface area contributed by atoms with Crippen molar-refractivity contribution in [3.63, 3.8) is 0 Å². The summed E-state index contributed by atoms with van der Waals surface area (Å²) in [6.45, 7) is 4.36. The van der Waals surface area contributed by atoms with Gasteiger partial charge in [-0.3, -0.25) is 9.69 Å². The van der Waals surface area contributed by atoms with Crippen LogP contribution in [0.4, 0.5) is 15.9 Å². The lowest BCUT2D eigenvalue weighted by Gasteiger charge is -2.35. The van der Waals surface area contributed by atoms with Crippen molar-refractivity contribution in [2.24, 2.45) is 7.05 Å². The quantitative estimate of drug-likeness (QED) is 0.232. The Balaban J connectivity index is 1.07. The van der Waals surface area contributed by atoms with Crippen LogP contribution in [0.3, 0.4) is 0 Å². The van der Waals surface area contributed by atoms with Crippen LogP contribution < -0.4 is 14.5 Å². The minimum absolute atomic E-state index is 0.0252. The SMILES string of the molecule is CN(c1nc(OCC23CCCN2C[C@H](F)C3)nc2c1CCN(c1cccc3cccc(Cl)c13)C2)[C@@H]1CCN(C(=O)/C=C/c2cn(C)cn2)C1. The molecule has 6 heterocycles. The minimum atomic E-state index is -0.831. The van der Waals surface area contributed by atoms with Crippen molar-refractivity contribution in [1.82, 2.24) is 29.3 Å². The molecule has 1 amide bonds. The number of likely N-dealkylation sites (tertiary alicyclic amines) is 1. The van der Waals surface area contributed by atoms with E-state index >= 15 is 0 Å². The number of alkyl halides is 1. The van der Waals surface area contributed by atoms with Crippen LogP contribution in [0.15, 0.2) is 55.0 Å². The molecule has 0 bridgehead atoms. The minimum Gasteiger partial charge on any atom is -0.461 e. The summed E-state index contributed by atoms with van der Waals surface area (Å²) in [6, 6.07) is 12.7. The first-order valence-corrected chi connectivity index (χ1v) is 17.7. The smallest absolute Gasteiger partial charge is 0.318 e. The molecule has 0 radical (unpaired) electrons. The number of hydrogen-bond donors (Lipinski definition) is 0. The fourth-order valence-electron chi connectivity index (χ4n) is 8.35. The third-order valence-corrected chi connectivity index (χ3v) is 11.2. The van der Waals surface area contributed by atoms with Gasteiger partial charge in [0.05, 0.1) is 34.8 Å². The summed E-state index contributed by atoms with van der Waals surface area (Å²) in [7, 11) is 3.97. The molecule has 1 unspecified atom stereocenters. The van der Waals surface area contributed by atoms with Crippen molar-refractivity contribution >= 4 is 45.9 Å². The molecule has 3 atom stereocenters. The molecule has 0 saturated carbocycles. The van der Waals surface area contributed by atoms with E-state index in [-0.39, 0.29) is 17.5 Å². The molecule has 3 saturated heterocycles. The average Bonchev–Trinajstić information content (AvgIpc) is 3.90. The number of aromatic nitrogens is 4. The highest BCUT2D eigenvalue weighted by molar-refractivity contribution is 6.36. The average molecular weight is 685 g/mol. The molecular formula is C37H42ClFN8O2. The lowest BCUT2D eigenvalue weighted by Crippen LogP contribution is -2.44. The Labute approximate surface area is 291 Å². The largest absolute Gasteiger partial charge is 0.461 e. The number of carbonyl (C=O) groups excluding carboxylic acids is 1. The maximum atomic E-state index is 14.6. The van der Waals surface area contributed by atoms with Gasteiger partial charge in [0, 0.05) is 81.6 Å². The first-order chi connectivity index (χ1) is 23.8. The van der Waals surface area contributed by atoms with Crippen LogP contribution in [-0.2, 0) is 24.8 Å². The number of ether oxygens (including phenoxy) is 1. The molecule has 10 nitrogen and oxygen atoms in total. The molecule has 49 heavy (non-hydrogen) atoms. The fourth-order valence-corrected chi connectivity index (χ4v) is 8.63. The molecule has 4 aliphatic rings. The Morgan fingerprint density at radius 2 is 2.02 bits per heavy atom. The molecule has 8 rings (SSSR count). The first-order valence-electron chi connectivity index (χ1n) is 17.3. The van der Waals surface area contributed by atoms with E-state index < -0.39 is 6.17 Å². The first kappa shape index (κ1) is 32.0. The second kappa shape index (κ2) is 12.9. The molecule has 2 aromatic carbocycles. The maximum absolute atomic E-state index is 14.6. The zero-order chi connectivity index (χ0) is 33.7. The third kappa shape index (κ3) is 6.12. The summed E-state index contributed by atoms with van der Waals surface area (Å²) in [5.41, 5.74) is 3.55. The van der Waals surface area contributed by atoms with Crippen LogP contribution in [-0.4, -0.2) is 99.4 Å². The number of halogens is 2. The van der Waals surface area contributed by atoms with Crippen LogP contribution in [0.25, 0.3) is 16.8 Å². The number of rotatable bonds is 8. The van der Waals surface area contributed by atoms with Crippen molar-refractivity contribution in [3.05, 3.63) is 77.0 Å². The van der Waals surface area contributed by atoms with E-state index in [9.17, 15) is 9.18 Å². The summed E-state index contributed by atoms with van der Waals surface area (Å²) in [5.74, 6) is 0.817. The van der Waals surface area contributed by atoms with Gasteiger partial charge in [-0.2, -0.15) is 9.97 Å². The van der Waals surface area contributed by atoms with E-state index in [1.807, 2.05) is 34.8 Å². The zero-order valence-corrected chi connectivity index (χ0v) is 28.8. The van der Waals surface area contributed by atoms with Gasteiger partial charge in [-0.15, -0.1) is 0 Å². The second-order valence-electron chi connectivity index (χ2n) is 14.0. The Hall–Kier alpha value is -4.22. The number of anilines is 2. The normalized spacial score (nSPS) is 23.8. The van der Waals surface area contributed by atoms with Crippen molar-refractivity contribution in [2.45, 2.75) is 56.4 Å². The number of imidazole rings is 1. The summed E-state index contributed by atoms with van der Waals surface area (Å²) in [6.07, 6.45) is 10.2. The lowest BCUT2D eigenvalue weighted by molar-refractivity contribution is -0.124. The van der Waals surface area contributed by atoms with Crippen LogP contribution in [0.5, 0.6) is 6.01 Å². The molecule has 2 aromatic heterocycles. The molecule has 4 aliphatic heterocycles. The summed E-state index contributed by atoms with van der Waals surface area (Å²) < 4.78 is 22.9. The van der Waals surface area contributed by atoms with Gasteiger partial charge >= 0.3 is 6.01 Å². The number of benzene rings is 2. The van der Waals surface area contributed by atoms with E-state index in [4.69, 9.17) is 26.3 Å². The number of amides is 1. The van der Waals surface area contributed by atoms with E-state index in [1.165, 1.54) is 0 Å². The van der Waals surface area contributed by atoms with Crippen LogP contribution >= 0.6 is 11.6 Å². The van der Waals surface area contributed by atoms with Crippen LogP contribution in [0.2, 0.25) is 5.02 Å². The van der Waals surface area contributed by atoms with Gasteiger partial charge in [-0.25, -0.2) is 9.37 Å². The highest BCUT2D eigenvalue weighted by Gasteiger charge is 2.49. The number of hydrogen-bond acceptors (Lipinski definition) is 8. The maximum Gasteiger partial charge on any atom is 0.318 e. The summed E-state index contributed by atoms with van der Waals surface area (Å²) in [5, 5.41) is 2.86. The molecule has 0 aliphatic carbocycles. The molecule has 256 valence electrons. The summed E-state index contributed by atoms with van der Waals surface area (Å²) >= 11 is 6.74. The highest BCUT2D eigenvalue weighted by Crippen LogP contribution is 2.41. The Bertz CT molecular complexity index is 1910. The van der Waals surface area contributed by atoms with Crippen LogP contribution in [0, 0.1) is 0 Å². The van der Waals surface area contributed by atoms with E-state index in [1.54, 1.807) is 18.5 Å². The standard InChI is InChI=1S/C37H42ClFN8O2/c1-43-20-27(40-24-43)10-11-33(48)46-16-12-28(21-46)44(2)35-29-13-17-45(32-9-4-7-25-6-3-8-30(38)34(25)32)22-31(29)41-36(42-35)49-23-37-14-5-15-47(37)19-26(39)18-37/h3-4,6-11,20,24,26,28H,5,12-19,21-23H2,1-2H3/b11-10+/t26-,28-,37?/m1/s1. The molecule has 12 heteroatoms. The second-order valence-corrected chi connectivity index (χ2v) is 14.4. The fraction of sp³-hybridized carbons (Fsp3) is 0.459. The predicted molar refractivity (Wildman–Crippen MR) is 190 cm³/mol. The van der Waals surface area contributed by atoms with Gasteiger partial charge in [0.25, 0.3) is 0 Å². The van der Waals surface area contributed by atoms with Gasteiger partial charge in [-0.05, 0) is 55.8 Å². The van der Waals surface area contributed by atoms with Crippen molar-refractivity contribution < 1.29 is 13.9 Å². The monoisotopic (exact) mass is 684 g/mol. The van der Waals surface area contributed by atoms with E-state index in [0.29, 0.717) is 45.2 Å². The van der Waals surface area contributed by atoms with Gasteiger partial charge < -0.3 is 24.0 Å². The van der Waals surface area contributed by atoms with Gasteiger partial charge in [-0.1, -0.05) is 35.9 Å². The van der Waals surface area contributed by atoms with Crippen molar-refractivity contribution in [1.29, 1.82) is 0 Å². The van der Waals surface area contributed by atoms with Gasteiger partial charge in [0.1, 0.15) is 18.6 Å². The Morgan fingerprint density at radius 1 is 1.16 bits per heavy atom. The Morgan fingerprint density at radius 3 is 2.86 bits per heavy atom. The lowest BCUT2D eigenvalue weighted by atomic mass is 9.95. The number of aryl methyl sites for hydroxylation is 1. The van der Waals surface area contributed by atoms with Gasteiger partial charge in [0.2, 0.25) is 5.91 Å². The Kier molecular flexibility index (Phi) is 8.43. The summed E-state index contributed by atoms with van der Waals surface area (Å²) in [4.78, 5) is 36.2. The van der Waals surface area contributed by atoms with Gasteiger partial charge in [0.15, 0.2) is 0 Å². The van der Waals surface area contributed by atoms with Crippen LogP contribution in [0.1, 0.15) is 42.6 Å². The topological polar surface area (TPSA) is 82.9 Å². The predicted octanol–water partition coefficient (Wildman–Crippen LogP) is 5.29. The number of fused-ring (bicyclic) bond motifs is 3. The van der Waals surface area contributed by atoms with E-state index in [2.05, 4.69) is 51.0 Å².